The van der Waals surface area contributed by atoms with E-state index in [2.05, 4.69) is 0 Å². The number of carbonyl (C=O) groups is 2. The highest BCUT2D eigenvalue weighted by Crippen LogP contribution is 2.24. The maximum absolute atomic E-state index is 12.1. The van der Waals surface area contributed by atoms with Crippen LogP contribution in [0.1, 0.15) is 32.4 Å². The Morgan fingerprint density at radius 1 is 1.32 bits per heavy atom. The van der Waals surface area contributed by atoms with Gasteiger partial charge in [0.05, 0.1) is 0 Å². The first kappa shape index (κ1) is 16.1. The van der Waals surface area contributed by atoms with Gasteiger partial charge in [-0.1, -0.05) is 6.07 Å². The molecule has 0 bridgehead atoms. The molecule has 1 unspecified atom stereocenters. The molecular formula is C17H22N2O3. The molecule has 0 saturated carbocycles. The van der Waals surface area contributed by atoms with Gasteiger partial charge in [-0.15, -0.1) is 0 Å². The normalized spacial score (nSPS) is 13.0. The molecule has 0 aliphatic heterocycles. The lowest BCUT2D eigenvalue weighted by Crippen LogP contribution is -2.37. The highest BCUT2D eigenvalue weighted by Gasteiger charge is 2.26. The lowest BCUT2D eigenvalue weighted by Gasteiger charge is -2.28. The largest absolute Gasteiger partial charge is 0.444 e. The fourth-order valence-electron chi connectivity index (χ4n) is 2.33. The van der Waals surface area contributed by atoms with Gasteiger partial charge in [-0.3, -0.25) is 4.90 Å². The lowest BCUT2D eigenvalue weighted by atomic mass is 10.1. The Hall–Kier alpha value is -2.30. The maximum atomic E-state index is 12.1. The zero-order valence-corrected chi connectivity index (χ0v) is 13.7. The van der Waals surface area contributed by atoms with Crippen molar-refractivity contribution >= 4 is 23.3 Å². The minimum atomic E-state index is -0.667. The van der Waals surface area contributed by atoms with Gasteiger partial charge in [0.15, 0.2) is 0 Å². The summed E-state index contributed by atoms with van der Waals surface area (Å²) in [7, 11) is 3.54. The van der Waals surface area contributed by atoms with E-state index in [1.165, 1.54) is 4.90 Å². The van der Waals surface area contributed by atoms with E-state index in [4.69, 9.17) is 4.74 Å². The van der Waals surface area contributed by atoms with Crippen molar-refractivity contribution in [2.24, 2.45) is 7.05 Å². The fraction of sp³-hybridized carbons (Fsp3) is 0.412. The Morgan fingerprint density at radius 3 is 2.59 bits per heavy atom. The molecule has 0 radical (unpaired) electrons. The molecule has 1 atom stereocenters. The van der Waals surface area contributed by atoms with Gasteiger partial charge >= 0.3 is 6.09 Å². The molecule has 0 aliphatic rings. The van der Waals surface area contributed by atoms with E-state index in [-0.39, 0.29) is 0 Å². The van der Waals surface area contributed by atoms with Gasteiger partial charge in [0.1, 0.15) is 17.9 Å². The van der Waals surface area contributed by atoms with Crippen molar-refractivity contribution in [3.63, 3.8) is 0 Å². The minimum absolute atomic E-state index is 0.516. The van der Waals surface area contributed by atoms with Crippen molar-refractivity contribution < 1.29 is 14.3 Å². The molecule has 0 spiro atoms. The number of fused-ring (bicyclic) bond motifs is 1. The minimum Gasteiger partial charge on any atom is -0.444 e. The zero-order chi connectivity index (χ0) is 16.5. The van der Waals surface area contributed by atoms with Crippen LogP contribution in [0.25, 0.3) is 10.9 Å². The number of carbonyl (C=O) groups excluding carboxylic acids is 2. The summed E-state index contributed by atoms with van der Waals surface area (Å²) in [4.78, 5) is 25.0. The van der Waals surface area contributed by atoms with Crippen LogP contribution in [0, 0.1) is 0 Å². The van der Waals surface area contributed by atoms with Crippen LogP contribution in [0.3, 0.4) is 0 Å². The summed E-state index contributed by atoms with van der Waals surface area (Å²) in [6, 6.07) is 7.05. The van der Waals surface area contributed by atoms with Crippen molar-refractivity contribution in [1.29, 1.82) is 0 Å². The van der Waals surface area contributed by atoms with Gasteiger partial charge in [0, 0.05) is 25.8 Å². The van der Waals surface area contributed by atoms with Crippen LogP contribution in [-0.2, 0) is 16.6 Å². The van der Waals surface area contributed by atoms with Crippen molar-refractivity contribution in [3.05, 3.63) is 36.0 Å². The second-order valence-electron chi connectivity index (χ2n) is 6.42. The lowest BCUT2D eigenvalue weighted by molar-refractivity contribution is -0.112. The highest BCUT2D eigenvalue weighted by molar-refractivity contribution is 5.83. The average molecular weight is 302 g/mol. The maximum Gasteiger partial charge on any atom is 0.410 e. The van der Waals surface area contributed by atoms with Gasteiger partial charge in [0.2, 0.25) is 0 Å². The molecule has 1 amide bonds. The van der Waals surface area contributed by atoms with Crippen LogP contribution in [0.15, 0.2) is 30.5 Å². The standard InChI is InChI=1S/C17H22N2O3/c1-17(2,3)22-16(21)19(5)15(11-20)12-6-7-14-13(10-12)8-9-18(14)4/h6-11,15H,1-5H3. The molecule has 5 heteroatoms. The molecule has 0 saturated heterocycles. The Kier molecular flexibility index (Phi) is 4.26. The third-order valence-electron chi connectivity index (χ3n) is 3.48. The Morgan fingerprint density at radius 2 is 2.00 bits per heavy atom. The zero-order valence-electron chi connectivity index (χ0n) is 13.7. The first-order valence-corrected chi connectivity index (χ1v) is 7.19. The van der Waals surface area contributed by atoms with Crippen molar-refractivity contribution in [3.8, 4) is 0 Å². The molecule has 22 heavy (non-hydrogen) atoms. The predicted molar refractivity (Wildman–Crippen MR) is 85.7 cm³/mol. The summed E-state index contributed by atoms with van der Waals surface area (Å²) in [6.07, 6.45) is 2.20. The number of aldehydes is 1. The summed E-state index contributed by atoms with van der Waals surface area (Å²) < 4.78 is 7.33. The topological polar surface area (TPSA) is 51.5 Å². The molecule has 1 aromatic carbocycles. The molecule has 1 aromatic heterocycles. The summed E-state index contributed by atoms with van der Waals surface area (Å²) in [5.74, 6) is 0. The van der Waals surface area contributed by atoms with E-state index in [0.29, 0.717) is 0 Å². The number of likely N-dealkylation sites (N-methyl/N-ethyl adjacent to an activating group) is 1. The van der Waals surface area contributed by atoms with Crippen LogP contribution in [0.4, 0.5) is 4.79 Å². The van der Waals surface area contributed by atoms with Gasteiger partial charge < -0.3 is 14.1 Å². The van der Waals surface area contributed by atoms with E-state index in [9.17, 15) is 9.59 Å². The highest BCUT2D eigenvalue weighted by atomic mass is 16.6. The van der Waals surface area contributed by atoms with E-state index in [1.54, 1.807) is 27.8 Å². The molecule has 0 aliphatic carbocycles. The number of rotatable bonds is 3. The number of benzene rings is 1. The summed E-state index contributed by atoms with van der Waals surface area (Å²) >= 11 is 0. The molecule has 2 aromatic rings. The molecule has 0 fully saturated rings. The first-order valence-electron chi connectivity index (χ1n) is 7.19. The number of hydrogen-bond donors (Lipinski definition) is 0. The molecule has 118 valence electrons. The number of ether oxygens (including phenoxy) is 1. The fourth-order valence-corrected chi connectivity index (χ4v) is 2.33. The summed E-state index contributed by atoms with van der Waals surface area (Å²) in [6.45, 7) is 5.39. The average Bonchev–Trinajstić information content (AvgIpc) is 2.79. The van der Waals surface area contributed by atoms with Crippen LogP contribution >= 0.6 is 0 Å². The monoisotopic (exact) mass is 302 g/mol. The van der Waals surface area contributed by atoms with Crippen molar-refractivity contribution in [1.82, 2.24) is 9.47 Å². The SMILES string of the molecule is CN(C(=O)OC(C)(C)C)C(C=O)c1ccc2c(ccn2C)c1. The number of aromatic nitrogens is 1. The van der Waals surface area contributed by atoms with Crippen LogP contribution in [-0.4, -0.2) is 34.5 Å². The number of nitrogens with zero attached hydrogens (tertiary/aromatic N) is 2. The molecule has 5 nitrogen and oxygen atoms in total. The Bertz CT molecular complexity index is 697. The van der Waals surface area contributed by atoms with Gasteiger partial charge in [-0.25, -0.2) is 4.79 Å². The first-order chi connectivity index (χ1) is 10.2. The van der Waals surface area contributed by atoms with E-state index < -0.39 is 17.7 Å². The number of hydrogen-bond acceptors (Lipinski definition) is 3. The summed E-state index contributed by atoms with van der Waals surface area (Å²) in [5, 5.41) is 1.03. The second-order valence-corrected chi connectivity index (χ2v) is 6.42. The molecule has 2 rings (SSSR count). The van der Waals surface area contributed by atoms with E-state index in [1.807, 2.05) is 42.1 Å². The van der Waals surface area contributed by atoms with Gasteiger partial charge in [-0.05, 0) is 49.9 Å². The Labute approximate surface area is 130 Å². The summed E-state index contributed by atoms with van der Waals surface area (Å²) in [5.41, 5.74) is 1.25. The van der Waals surface area contributed by atoms with Crippen molar-refractivity contribution in [2.45, 2.75) is 32.4 Å². The number of aryl methyl sites for hydroxylation is 1. The van der Waals surface area contributed by atoms with E-state index in [0.717, 1.165) is 22.8 Å². The van der Waals surface area contributed by atoms with E-state index >= 15 is 0 Å². The third kappa shape index (κ3) is 3.30. The van der Waals surface area contributed by atoms with Gasteiger partial charge in [0.25, 0.3) is 0 Å². The molecule has 0 N–H and O–H groups in total. The van der Waals surface area contributed by atoms with Gasteiger partial charge in [-0.2, -0.15) is 0 Å². The quantitative estimate of drug-likeness (QED) is 0.818. The molecular weight excluding hydrogens is 280 g/mol. The number of amides is 1. The molecule has 1 heterocycles. The van der Waals surface area contributed by atoms with Crippen LogP contribution < -0.4 is 0 Å². The smallest absolute Gasteiger partial charge is 0.410 e. The van der Waals surface area contributed by atoms with Crippen LogP contribution in [0.2, 0.25) is 0 Å². The van der Waals surface area contributed by atoms with Crippen LogP contribution in [0.5, 0.6) is 0 Å². The predicted octanol–water partition coefficient (Wildman–Crippen LogP) is 3.29. The second kappa shape index (κ2) is 5.83. The third-order valence-corrected chi connectivity index (χ3v) is 3.48. The Balaban J connectivity index is 2.29. The van der Waals surface area contributed by atoms with Crippen molar-refractivity contribution in [2.75, 3.05) is 7.05 Å².